The standard InChI is InChI=1S/C37H42O21/c1-49-20-9-15(33(45)46)5-7-18(20)55-36-31(43)29(41)27(39)24(57-36)13-53-34(47)16-6-8-19(21(10-16)50-2)56-37-32(44)30(42)28(40)25(58-37)14-54-35(48)17-11-22(51-3)26(38)23(12-17)52-4/h5-12,24-25,27-32,36-44H,13-14H2,1-4H3,(H,45,46)/t24-,25-,27-,28-,29+,30+,31-,32-,36-,37-/m1/s1. The number of carboxylic acids is 1. The summed E-state index contributed by atoms with van der Waals surface area (Å²) < 4.78 is 53.8. The summed E-state index contributed by atoms with van der Waals surface area (Å²) in [6.45, 7) is -1.28. The highest BCUT2D eigenvalue weighted by molar-refractivity contribution is 5.91. The van der Waals surface area contributed by atoms with E-state index in [9.17, 15) is 55.2 Å². The summed E-state index contributed by atoms with van der Waals surface area (Å²) in [5, 5.41) is 82.8. The first-order chi connectivity index (χ1) is 27.6. The summed E-state index contributed by atoms with van der Waals surface area (Å²) in [6, 6.07) is 9.64. The van der Waals surface area contributed by atoms with E-state index in [0.29, 0.717) is 0 Å². The molecule has 21 nitrogen and oxygen atoms in total. The van der Waals surface area contributed by atoms with Gasteiger partial charge in [0.2, 0.25) is 18.3 Å². The highest BCUT2D eigenvalue weighted by Crippen LogP contribution is 2.38. The second-order valence-corrected chi connectivity index (χ2v) is 12.7. The number of aromatic carboxylic acids is 1. The number of carbonyl (C=O) groups excluding carboxylic acids is 2. The second-order valence-electron chi connectivity index (χ2n) is 12.7. The van der Waals surface area contributed by atoms with Crippen LogP contribution in [-0.2, 0) is 18.9 Å². The summed E-state index contributed by atoms with van der Waals surface area (Å²) in [5.74, 6) is -3.95. The molecule has 0 radical (unpaired) electrons. The van der Waals surface area contributed by atoms with Crippen molar-refractivity contribution in [1.29, 1.82) is 0 Å². The zero-order chi connectivity index (χ0) is 42.4. The number of rotatable bonds is 15. The third-order valence-corrected chi connectivity index (χ3v) is 9.11. The Labute approximate surface area is 328 Å². The van der Waals surface area contributed by atoms with Crippen molar-refractivity contribution >= 4 is 17.9 Å². The zero-order valence-corrected chi connectivity index (χ0v) is 31.2. The lowest BCUT2D eigenvalue weighted by Gasteiger charge is -2.40. The molecular formula is C37H42O21. The molecule has 21 heteroatoms. The number of phenols is 1. The van der Waals surface area contributed by atoms with Gasteiger partial charge in [0.05, 0.1) is 45.1 Å². The van der Waals surface area contributed by atoms with Gasteiger partial charge in [-0.15, -0.1) is 0 Å². The molecule has 10 atom stereocenters. The highest BCUT2D eigenvalue weighted by atomic mass is 16.7. The molecule has 3 aromatic rings. The molecule has 0 bridgehead atoms. The monoisotopic (exact) mass is 822 g/mol. The Balaban J connectivity index is 1.22. The van der Waals surface area contributed by atoms with E-state index in [1.165, 1.54) is 70.9 Å². The van der Waals surface area contributed by atoms with Gasteiger partial charge in [-0.2, -0.15) is 0 Å². The largest absolute Gasteiger partial charge is 0.502 e. The first kappa shape index (κ1) is 43.5. The van der Waals surface area contributed by atoms with E-state index in [0.717, 1.165) is 6.07 Å². The number of carbonyl (C=O) groups is 3. The van der Waals surface area contributed by atoms with Crippen molar-refractivity contribution in [2.45, 2.75) is 61.4 Å². The molecule has 0 spiro atoms. The second kappa shape index (κ2) is 18.7. The van der Waals surface area contributed by atoms with Crippen LogP contribution < -0.4 is 28.4 Å². The van der Waals surface area contributed by atoms with Crippen LogP contribution in [0.25, 0.3) is 0 Å². The van der Waals surface area contributed by atoms with Crippen LogP contribution in [0, 0.1) is 0 Å². The number of hydrogen-bond donors (Lipinski definition) is 8. The SMILES string of the molecule is COc1cc(C(=O)O)ccc1O[C@@H]1O[C@H](COC(=O)c2ccc(O[C@@H]3O[C@H](COC(=O)c4cc(OC)c(O)c(OC)c4)[C@@H](O)[C@H](O)[C@H]3O)c(OC)c2)[C@@H](O)[C@H](O)[C@H]1O. The van der Waals surface area contributed by atoms with Gasteiger partial charge in [-0.3, -0.25) is 0 Å². The van der Waals surface area contributed by atoms with Gasteiger partial charge in [0, 0.05) is 0 Å². The minimum absolute atomic E-state index is 0.0328. The molecule has 58 heavy (non-hydrogen) atoms. The number of aliphatic hydroxyl groups is 6. The summed E-state index contributed by atoms with van der Waals surface area (Å²) in [5.41, 5.74) is -0.321. The number of phenolic OH excluding ortho intramolecular Hbond substituents is 1. The quantitative estimate of drug-likeness (QED) is 0.0871. The van der Waals surface area contributed by atoms with Crippen molar-refractivity contribution in [3.63, 3.8) is 0 Å². The average molecular weight is 823 g/mol. The predicted molar refractivity (Wildman–Crippen MR) is 189 cm³/mol. The van der Waals surface area contributed by atoms with E-state index in [-0.39, 0.29) is 56.9 Å². The zero-order valence-electron chi connectivity index (χ0n) is 31.2. The van der Waals surface area contributed by atoms with E-state index >= 15 is 0 Å². The van der Waals surface area contributed by atoms with Gasteiger partial charge in [-0.1, -0.05) is 0 Å². The third-order valence-electron chi connectivity index (χ3n) is 9.11. The molecule has 0 amide bonds. The van der Waals surface area contributed by atoms with Crippen LogP contribution in [0.3, 0.4) is 0 Å². The van der Waals surface area contributed by atoms with Gasteiger partial charge in [0.1, 0.15) is 62.0 Å². The lowest BCUT2D eigenvalue weighted by atomic mass is 9.99. The molecule has 2 fully saturated rings. The van der Waals surface area contributed by atoms with Crippen LogP contribution in [0.4, 0.5) is 0 Å². The summed E-state index contributed by atoms with van der Waals surface area (Å²) in [7, 11) is 5.00. The van der Waals surface area contributed by atoms with Crippen LogP contribution in [0.15, 0.2) is 48.5 Å². The smallest absolute Gasteiger partial charge is 0.338 e. The molecule has 316 valence electrons. The Morgan fingerprint density at radius 3 is 1.31 bits per heavy atom. The van der Waals surface area contributed by atoms with Gasteiger partial charge in [-0.05, 0) is 48.5 Å². The number of aliphatic hydroxyl groups excluding tert-OH is 6. The summed E-state index contributed by atoms with van der Waals surface area (Å²) >= 11 is 0. The molecule has 0 unspecified atom stereocenters. The van der Waals surface area contributed by atoms with Crippen LogP contribution in [-0.4, -0.2) is 162 Å². The number of ether oxygens (including phenoxy) is 10. The minimum atomic E-state index is -1.84. The number of carboxylic acid groups (broad SMARTS) is 1. The van der Waals surface area contributed by atoms with Crippen molar-refractivity contribution in [2.24, 2.45) is 0 Å². The molecule has 2 heterocycles. The topological polar surface area (TPSA) is 305 Å². The Hall–Kier alpha value is -5.65. The molecule has 0 aromatic heterocycles. The van der Waals surface area contributed by atoms with E-state index in [2.05, 4.69) is 0 Å². The van der Waals surface area contributed by atoms with Gasteiger partial charge >= 0.3 is 17.9 Å². The number of methoxy groups -OCH3 is 4. The molecule has 0 saturated carbocycles. The molecular weight excluding hydrogens is 780 g/mol. The van der Waals surface area contributed by atoms with Gasteiger partial charge in [0.25, 0.3) is 0 Å². The molecule has 8 N–H and O–H groups in total. The highest BCUT2D eigenvalue weighted by Gasteiger charge is 2.47. The van der Waals surface area contributed by atoms with Crippen LogP contribution in [0.2, 0.25) is 0 Å². The first-order valence-electron chi connectivity index (χ1n) is 17.2. The normalized spacial score (nSPS) is 26.8. The van der Waals surface area contributed by atoms with Crippen molar-refractivity contribution < 1.29 is 103 Å². The van der Waals surface area contributed by atoms with Gasteiger partial charge < -0.3 is 88.2 Å². The number of aromatic hydroxyl groups is 1. The molecule has 2 aliphatic rings. The number of benzene rings is 3. The van der Waals surface area contributed by atoms with Gasteiger partial charge in [-0.25, -0.2) is 14.4 Å². The van der Waals surface area contributed by atoms with Gasteiger partial charge in [0.15, 0.2) is 34.5 Å². The van der Waals surface area contributed by atoms with E-state index in [1.54, 1.807) is 0 Å². The molecule has 0 aliphatic carbocycles. The Bertz CT molecular complexity index is 1910. The van der Waals surface area contributed by atoms with Crippen LogP contribution in [0.1, 0.15) is 31.1 Å². The fourth-order valence-corrected chi connectivity index (χ4v) is 5.84. The first-order valence-corrected chi connectivity index (χ1v) is 17.2. The molecule has 3 aromatic carbocycles. The fraction of sp³-hybridized carbons (Fsp3) is 0.432. The maximum Gasteiger partial charge on any atom is 0.338 e. The van der Waals surface area contributed by atoms with Crippen molar-refractivity contribution in [3.05, 3.63) is 65.2 Å². The van der Waals surface area contributed by atoms with E-state index in [1.807, 2.05) is 0 Å². The predicted octanol–water partition coefficient (Wildman–Crippen LogP) is -0.788. The van der Waals surface area contributed by atoms with Crippen LogP contribution >= 0.6 is 0 Å². The lowest BCUT2D eigenvalue weighted by molar-refractivity contribution is -0.277. The summed E-state index contributed by atoms with van der Waals surface area (Å²) in [4.78, 5) is 37.2. The Kier molecular flexibility index (Phi) is 14.0. The van der Waals surface area contributed by atoms with Crippen molar-refractivity contribution in [2.75, 3.05) is 41.7 Å². The van der Waals surface area contributed by atoms with E-state index in [4.69, 9.17) is 47.4 Å². The van der Waals surface area contributed by atoms with Crippen molar-refractivity contribution in [1.82, 2.24) is 0 Å². The summed E-state index contributed by atoms with van der Waals surface area (Å²) in [6.07, 6.45) is -16.9. The average Bonchev–Trinajstić information content (AvgIpc) is 3.22. The molecule has 2 aliphatic heterocycles. The lowest BCUT2D eigenvalue weighted by Crippen LogP contribution is -2.60. The fourth-order valence-electron chi connectivity index (χ4n) is 5.84. The Morgan fingerprint density at radius 1 is 0.517 bits per heavy atom. The molecule has 5 rings (SSSR count). The third kappa shape index (κ3) is 9.38. The number of esters is 2. The molecule has 2 saturated heterocycles. The maximum absolute atomic E-state index is 13.1. The maximum atomic E-state index is 13.1. The number of hydrogen-bond acceptors (Lipinski definition) is 20. The van der Waals surface area contributed by atoms with Crippen LogP contribution in [0.5, 0.6) is 40.2 Å². The van der Waals surface area contributed by atoms with Crippen molar-refractivity contribution in [3.8, 4) is 40.2 Å². The van der Waals surface area contributed by atoms with E-state index < -0.39 is 92.5 Å². The minimum Gasteiger partial charge on any atom is -0.502 e. The Morgan fingerprint density at radius 2 is 0.897 bits per heavy atom.